The van der Waals surface area contributed by atoms with E-state index in [0.717, 1.165) is 4.90 Å². The van der Waals surface area contributed by atoms with E-state index in [2.05, 4.69) is 0 Å². The highest BCUT2D eigenvalue weighted by Crippen LogP contribution is 2.27. The van der Waals surface area contributed by atoms with Crippen LogP contribution in [-0.2, 0) is 14.4 Å². The van der Waals surface area contributed by atoms with Gasteiger partial charge in [-0.2, -0.15) is 13.2 Å². The maximum atomic E-state index is 12.2. The van der Waals surface area contributed by atoms with Crippen LogP contribution in [0.1, 0.15) is 18.0 Å². The Hall–Kier alpha value is -2.58. The number of halogens is 3. The molecule has 23 heavy (non-hydrogen) atoms. The van der Waals surface area contributed by atoms with Gasteiger partial charge in [0.15, 0.2) is 6.04 Å². The number of carboxylic acid groups (broad SMARTS) is 1. The molecule has 2 rings (SSSR count). The molecule has 2 N–H and O–H groups in total. The minimum Gasteiger partial charge on any atom is -0.479 e. The van der Waals surface area contributed by atoms with Gasteiger partial charge in [-0.1, -0.05) is 30.3 Å². The molecule has 0 saturated carbocycles. The van der Waals surface area contributed by atoms with Crippen molar-refractivity contribution in [3.63, 3.8) is 0 Å². The standard InChI is InChI=1S/C14H13F3N2O4/c15-14(16,17)13(23)18-9-6-7-19(11(9)20)10(12(21)22)8-4-2-1-3-5-8/h1-5,9-10H,6-7H2,(H,18,23)(H,21,22). The van der Waals surface area contributed by atoms with Crippen molar-refractivity contribution in [1.29, 1.82) is 0 Å². The summed E-state index contributed by atoms with van der Waals surface area (Å²) in [4.78, 5) is 35.5. The van der Waals surface area contributed by atoms with Gasteiger partial charge < -0.3 is 15.3 Å². The molecule has 1 heterocycles. The van der Waals surface area contributed by atoms with Crippen LogP contribution in [0.25, 0.3) is 0 Å². The highest BCUT2D eigenvalue weighted by atomic mass is 19.4. The molecule has 6 nitrogen and oxygen atoms in total. The fourth-order valence-corrected chi connectivity index (χ4v) is 2.42. The third kappa shape index (κ3) is 3.61. The van der Waals surface area contributed by atoms with Gasteiger partial charge >= 0.3 is 18.1 Å². The van der Waals surface area contributed by atoms with Crippen LogP contribution in [0.5, 0.6) is 0 Å². The molecule has 2 amide bonds. The lowest BCUT2D eigenvalue weighted by Crippen LogP contribution is -2.47. The molecule has 1 fully saturated rings. The number of aliphatic carboxylic acids is 1. The first-order valence-electron chi connectivity index (χ1n) is 6.67. The SMILES string of the molecule is O=C(O)C(c1ccccc1)N1CCC(NC(=O)C(F)(F)F)C1=O. The zero-order chi connectivity index (χ0) is 17.2. The summed E-state index contributed by atoms with van der Waals surface area (Å²) in [5.74, 6) is -4.37. The number of hydrogen-bond acceptors (Lipinski definition) is 3. The van der Waals surface area contributed by atoms with E-state index in [-0.39, 0.29) is 13.0 Å². The smallest absolute Gasteiger partial charge is 0.471 e. The second-order valence-electron chi connectivity index (χ2n) is 5.00. The monoisotopic (exact) mass is 330 g/mol. The van der Waals surface area contributed by atoms with E-state index in [1.807, 2.05) is 0 Å². The first-order valence-corrected chi connectivity index (χ1v) is 6.67. The third-order valence-electron chi connectivity index (χ3n) is 3.46. The highest BCUT2D eigenvalue weighted by Gasteiger charge is 2.45. The lowest BCUT2D eigenvalue weighted by atomic mass is 10.1. The molecule has 1 aliphatic rings. The topological polar surface area (TPSA) is 86.7 Å². The summed E-state index contributed by atoms with van der Waals surface area (Å²) in [6.45, 7) is -0.0620. The quantitative estimate of drug-likeness (QED) is 0.865. The van der Waals surface area contributed by atoms with Gasteiger partial charge in [-0.3, -0.25) is 9.59 Å². The number of carbonyl (C=O) groups is 3. The van der Waals surface area contributed by atoms with E-state index in [1.54, 1.807) is 23.5 Å². The number of hydrogen-bond donors (Lipinski definition) is 2. The summed E-state index contributed by atoms with van der Waals surface area (Å²) in [7, 11) is 0. The van der Waals surface area contributed by atoms with Gasteiger partial charge in [-0.15, -0.1) is 0 Å². The van der Waals surface area contributed by atoms with Crippen LogP contribution in [0.2, 0.25) is 0 Å². The first kappa shape index (κ1) is 16.8. The number of benzene rings is 1. The average Bonchev–Trinajstić information content (AvgIpc) is 2.81. The summed E-state index contributed by atoms with van der Waals surface area (Å²) < 4.78 is 36.7. The van der Waals surface area contributed by atoms with Crippen molar-refractivity contribution in [3.05, 3.63) is 35.9 Å². The van der Waals surface area contributed by atoms with Crippen molar-refractivity contribution < 1.29 is 32.7 Å². The molecule has 9 heteroatoms. The van der Waals surface area contributed by atoms with Crippen LogP contribution < -0.4 is 5.32 Å². The minimum absolute atomic E-state index is 0.0620. The van der Waals surface area contributed by atoms with Crippen molar-refractivity contribution in [1.82, 2.24) is 10.2 Å². The Bertz CT molecular complexity index is 618. The summed E-state index contributed by atoms with van der Waals surface area (Å²) in [5, 5.41) is 10.9. The fraction of sp³-hybridized carbons (Fsp3) is 0.357. The van der Waals surface area contributed by atoms with Gasteiger partial charge in [0.25, 0.3) is 0 Å². The maximum Gasteiger partial charge on any atom is 0.471 e. The molecule has 1 aliphatic heterocycles. The Morgan fingerprint density at radius 3 is 2.39 bits per heavy atom. The Morgan fingerprint density at radius 2 is 1.87 bits per heavy atom. The van der Waals surface area contributed by atoms with Crippen molar-refractivity contribution >= 4 is 17.8 Å². The Kier molecular flexibility index (Phi) is 4.57. The van der Waals surface area contributed by atoms with Crippen molar-refractivity contribution in [2.45, 2.75) is 24.7 Å². The van der Waals surface area contributed by atoms with E-state index in [0.29, 0.717) is 5.56 Å². The zero-order valence-electron chi connectivity index (χ0n) is 11.7. The largest absolute Gasteiger partial charge is 0.479 e. The first-order chi connectivity index (χ1) is 10.7. The fourth-order valence-electron chi connectivity index (χ4n) is 2.42. The number of likely N-dealkylation sites (tertiary alicyclic amines) is 1. The number of alkyl halides is 3. The van der Waals surface area contributed by atoms with Gasteiger partial charge in [0.05, 0.1) is 0 Å². The number of carbonyl (C=O) groups excluding carboxylic acids is 2. The van der Waals surface area contributed by atoms with Crippen molar-refractivity contribution in [2.75, 3.05) is 6.54 Å². The Labute approximate surface area is 128 Å². The zero-order valence-corrected chi connectivity index (χ0v) is 11.7. The summed E-state index contributed by atoms with van der Waals surface area (Å²) in [6.07, 6.45) is -5.18. The molecule has 2 unspecified atom stereocenters. The molecule has 0 bridgehead atoms. The van der Waals surface area contributed by atoms with E-state index in [9.17, 15) is 32.7 Å². The van der Waals surface area contributed by atoms with E-state index in [4.69, 9.17) is 0 Å². The predicted octanol–water partition coefficient (Wildman–Crippen LogP) is 1.09. The van der Waals surface area contributed by atoms with Crippen LogP contribution in [0.15, 0.2) is 30.3 Å². The van der Waals surface area contributed by atoms with Crippen LogP contribution in [0.3, 0.4) is 0 Å². The molecule has 0 radical (unpaired) electrons. The lowest BCUT2D eigenvalue weighted by Gasteiger charge is -2.25. The maximum absolute atomic E-state index is 12.2. The Balaban J connectivity index is 2.17. The molecule has 1 aromatic rings. The van der Waals surface area contributed by atoms with Crippen molar-refractivity contribution in [3.8, 4) is 0 Å². The highest BCUT2D eigenvalue weighted by molar-refractivity contribution is 5.93. The molecule has 0 aromatic heterocycles. The van der Waals surface area contributed by atoms with Gasteiger partial charge in [0.2, 0.25) is 5.91 Å². The van der Waals surface area contributed by atoms with E-state index in [1.165, 1.54) is 12.1 Å². The second kappa shape index (κ2) is 6.27. The molecule has 0 spiro atoms. The van der Waals surface area contributed by atoms with Gasteiger partial charge in [0, 0.05) is 6.54 Å². The molecule has 2 atom stereocenters. The number of nitrogens with zero attached hydrogens (tertiary/aromatic N) is 1. The van der Waals surface area contributed by atoms with E-state index >= 15 is 0 Å². The Morgan fingerprint density at radius 1 is 1.26 bits per heavy atom. The van der Waals surface area contributed by atoms with Crippen molar-refractivity contribution in [2.24, 2.45) is 0 Å². The van der Waals surface area contributed by atoms with Crippen LogP contribution in [-0.4, -0.2) is 46.6 Å². The number of nitrogens with one attached hydrogen (secondary N) is 1. The minimum atomic E-state index is -5.10. The summed E-state index contributed by atoms with van der Waals surface area (Å²) in [6, 6.07) is 5.18. The average molecular weight is 330 g/mol. The normalized spacial score (nSPS) is 19.5. The van der Waals surface area contributed by atoms with Crippen LogP contribution >= 0.6 is 0 Å². The molecule has 124 valence electrons. The number of rotatable bonds is 4. The lowest BCUT2D eigenvalue weighted by molar-refractivity contribution is -0.174. The predicted molar refractivity (Wildman–Crippen MR) is 71.1 cm³/mol. The molecule has 1 saturated heterocycles. The van der Waals surface area contributed by atoms with Gasteiger partial charge in [-0.05, 0) is 12.0 Å². The van der Waals surface area contributed by atoms with Crippen LogP contribution in [0, 0.1) is 0 Å². The number of carboxylic acids is 1. The summed E-state index contributed by atoms with van der Waals surface area (Å²) >= 11 is 0. The molecule has 1 aromatic carbocycles. The second-order valence-corrected chi connectivity index (χ2v) is 5.00. The third-order valence-corrected chi connectivity index (χ3v) is 3.46. The van der Waals surface area contributed by atoms with Crippen LogP contribution in [0.4, 0.5) is 13.2 Å². The number of amides is 2. The molecular formula is C14H13F3N2O4. The summed E-state index contributed by atoms with van der Waals surface area (Å²) in [5.41, 5.74) is 0.330. The van der Waals surface area contributed by atoms with E-state index < -0.39 is 36.0 Å². The van der Waals surface area contributed by atoms with Gasteiger partial charge in [0.1, 0.15) is 6.04 Å². The molecule has 0 aliphatic carbocycles. The van der Waals surface area contributed by atoms with Gasteiger partial charge in [-0.25, -0.2) is 4.79 Å². The molecular weight excluding hydrogens is 317 g/mol.